The minimum Gasteiger partial charge on any atom is -0.467 e. The lowest BCUT2D eigenvalue weighted by Gasteiger charge is -2.22. The molecule has 0 spiro atoms. The Labute approximate surface area is 146 Å². The van der Waals surface area contributed by atoms with Crippen molar-refractivity contribution in [2.75, 3.05) is 20.3 Å². The first-order valence-corrected chi connectivity index (χ1v) is 8.76. The first-order valence-electron chi connectivity index (χ1n) is 8.76. The van der Waals surface area contributed by atoms with Crippen LogP contribution >= 0.6 is 0 Å². The molecule has 0 aromatic heterocycles. The summed E-state index contributed by atoms with van der Waals surface area (Å²) in [4.78, 5) is 25.1. The van der Waals surface area contributed by atoms with E-state index in [0.717, 1.165) is 18.4 Å². The zero-order chi connectivity index (χ0) is 18.4. The number of likely N-dealkylation sites (tertiary alicyclic amines) is 1. The molecule has 136 valence electrons. The third-order valence-electron chi connectivity index (χ3n) is 3.37. The van der Waals surface area contributed by atoms with E-state index in [0.29, 0.717) is 13.0 Å². The molecule has 1 fully saturated rings. The minimum atomic E-state index is -0.508. The lowest BCUT2D eigenvalue weighted by atomic mass is 10.2. The number of esters is 1. The van der Waals surface area contributed by atoms with Crippen molar-refractivity contribution >= 4 is 12.1 Å². The number of hydrogen-bond acceptors (Lipinski definition) is 4. The van der Waals surface area contributed by atoms with Gasteiger partial charge in [0.2, 0.25) is 0 Å². The van der Waals surface area contributed by atoms with Crippen molar-refractivity contribution < 1.29 is 19.1 Å². The van der Waals surface area contributed by atoms with Crippen LogP contribution in [0.4, 0.5) is 4.79 Å². The number of rotatable bonds is 3. The maximum Gasteiger partial charge on any atom is 0.410 e. The van der Waals surface area contributed by atoms with Crippen molar-refractivity contribution in [1.29, 1.82) is 0 Å². The number of methoxy groups -OCH3 is 1. The van der Waals surface area contributed by atoms with Crippen molar-refractivity contribution in [2.45, 2.75) is 53.0 Å². The van der Waals surface area contributed by atoms with E-state index in [1.54, 1.807) is 0 Å². The molecule has 2 aliphatic rings. The molecule has 1 atom stereocenters. The number of carbonyl (C=O) groups excluding carboxylic acids is 2. The molecule has 5 nitrogen and oxygen atoms in total. The average molecular weight is 337 g/mol. The fourth-order valence-electron chi connectivity index (χ4n) is 2.31. The molecule has 0 saturated carbocycles. The van der Waals surface area contributed by atoms with Gasteiger partial charge in [-0.05, 0) is 24.8 Å². The van der Waals surface area contributed by atoms with Gasteiger partial charge in [0, 0.05) is 6.54 Å². The van der Waals surface area contributed by atoms with Crippen LogP contribution in [0.5, 0.6) is 0 Å². The summed E-state index contributed by atoms with van der Waals surface area (Å²) in [5.74, 6) is -0.379. The van der Waals surface area contributed by atoms with E-state index >= 15 is 0 Å². The fourth-order valence-corrected chi connectivity index (χ4v) is 2.31. The zero-order valence-corrected chi connectivity index (χ0v) is 15.6. The molecule has 0 aromatic rings. The lowest BCUT2D eigenvalue weighted by molar-refractivity contribution is -0.145. The predicted molar refractivity (Wildman–Crippen MR) is 96.8 cm³/mol. The zero-order valence-electron chi connectivity index (χ0n) is 15.6. The fraction of sp³-hybridized carbons (Fsp3) is 0.579. The second kappa shape index (κ2) is 13.4. The Hall–Kier alpha value is -2.04. The molecule has 1 unspecified atom stereocenters. The molecule has 1 aliphatic carbocycles. The topological polar surface area (TPSA) is 55.8 Å². The van der Waals surface area contributed by atoms with Gasteiger partial charge in [0.25, 0.3) is 0 Å². The van der Waals surface area contributed by atoms with Gasteiger partial charge in [0.1, 0.15) is 12.6 Å². The predicted octanol–water partition coefficient (Wildman–Crippen LogP) is 4.26. The Balaban J connectivity index is 0.00000123. The van der Waals surface area contributed by atoms with Gasteiger partial charge in [-0.15, -0.1) is 0 Å². The summed E-state index contributed by atoms with van der Waals surface area (Å²) in [7, 11) is 1.33. The summed E-state index contributed by atoms with van der Waals surface area (Å²) in [5.41, 5.74) is 0.931. The highest BCUT2D eigenvalue weighted by Gasteiger charge is 2.35. The molecule has 1 amide bonds. The van der Waals surface area contributed by atoms with E-state index in [1.807, 2.05) is 58.1 Å². The second-order valence-corrected chi connectivity index (χ2v) is 4.74. The molecule has 1 heterocycles. The van der Waals surface area contributed by atoms with Crippen LogP contribution in [-0.2, 0) is 14.3 Å². The van der Waals surface area contributed by atoms with E-state index < -0.39 is 12.1 Å². The molecule has 24 heavy (non-hydrogen) atoms. The highest BCUT2D eigenvalue weighted by atomic mass is 16.6. The van der Waals surface area contributed by atoms with Gasteiger partial charge >= 0.3 is 12.1 Å². The van der Waals surface area contributed by atoms with Gasteiger partial charge in [0.05, 0.1) is 7.11 Å². The van der Waals surface area contributed by atoms with Crippen LogP contribution in [0.2, 0.25) is 0 Å². The van der Waals surface area contributed by atoms with Crippen LogP contribution in [-0.4, -0.2) is 43.3 Å². The summed E-state index contributed by atoms with van der Waals surface area (Å²) in [6.45, 7) is 8.75. The Morgan fingerprint density at radius 3 is 2.58 bits per heavy atom. The Kier molecular flexibility index (Phi) is 12.3. The summed E-state index contributed by atoms with van der Waals surface area (Å²) in [5, 5.41) is 0. The quantitative estimate of drug-likeness (QED) is 0.722. The lowest BCUT2D eigenvalue weighted by Crippen LogP contribution is -2.41. The van der Waals surface area contributed by atoms with E-state index in [9.17, 15) is 9.59 Å². The number of hydrogen-bond donors (Lipinski definition) is 0. The van der Waals surface area contributed by atoms with E-state index in [2.05, 4.69) is 0 Å². The Morgan fingerprint density at radius 1 is 1.21 bits per heavy atom. The van der Waals surface area contributed by atoms with Gasteiger partial charge in [-0.1, -0.05) is 58.1 Å². The normalized spacial score (nSPS) is 18.3. The third-order valence-corrected chi connectivity index (χ3v) is 3.37. The highest BCUT2D eigenvalue weighted by molar-refractivity contribution is 5.82. The molecule has 5 heteroatoms. The number of allylic oxidation sites excluding steroid dienone is 4. The molecule has 0 aromatic carbocycles. The Morgan fingerprint density at radius 2 is 1.92 bits per heavy atom. The summed E-state index contributed by atoms with van der Waals surface area (Å²) >= 11 is 0. The maximum absolute atomic E-state index is 12.0. The van der Waals surface area contributed by atoms with Gasteiger partial charge < -0.3 is 9.47 Å². The van der Waals surface area contributed by atoms with Crippen LogP contribution in [0.25, 0.3) is 0 Å². The molecule has 2 rings (SSSR count). The average Bonchev–Trinajstić information content (AvgIpc) is 2.99. The number of amides is 1. The SMILES string of the molecule is CC.CC.COC(=O)C1CCCN1C(=O)OCC1=CC=CCC=C1. The third kappa shape index (κ3) is 7.02. The molecule has 0 radical (unpaired) electrons. The van der Waals surface area contributed by atoms with E-state index in [-0.39, 0.29) is 12.6 Å². The van der Waals surface area contributed by atoms with Crippen LogP contribution in [0, 0.1) is 0 Å². The number of nitrogens with zero attached hydrogens (tertiary/aromatic N) is 1. The van der Waals surface area contributed by atoms with Crippen molar-refractivity contribution in [1.82, 2.24) is 4.90 Å². The number of carbonyl (C=O) groups is 2. The van der Waals surface area contributed by atoms with Crippen molar-refractivity contribution in [2.24, 2.45) is 0 Å². The smallest absolute Gasteiger partial charge is 0.410 e. The largest absolute Gasteiger partial charge is 0.467 e. The molecular weight excluding hydrogens is 306 g/mol. The van der Waals surface area contributed by atoms with Crippen LogP contribution in [0.15, 0.2) is 36.0 Å². The number of ether oxygens (including phenoxy) is 2. The second-order valence-electron chi connectivity index (χ2n) is 4.74. The molecule has 0 bridgehead atoms. The van der Waals surface area contributed by atoms with Crippen molar-refractivity contribution in [3.8, 4) is 0 Å². The van der Waals surface area contributed by atoms with Crippen molar-refractivity contribution in [3.05, 3.63) is 36.0 Å². The molecule has 0 N–H and O–H groups in total. The summed E-state index contributed by atoms with van der Waals surface area (Å²) in [6.07, 6.45) is 11.7. The molecule has 1 saturated heterocycles. The van der Waals surface area contributed by atoms with Gasteiger partial charge in [-0.2, -0.15) is 0 Å². The van der Waals surface area contributed by atoms with Crippen LogP contribution < -0.4 is 0 Å². The summed E-state index contributed by atoms with van der Waals surface area (Å²) in [6, 6.07) is -0.508. The first-order chi connectivity index (χ1) is 11.7. The maximum atomic E-state index is 12.0. The molecule has 1 aliphatic heterocycles. The summed E-state index contributed by atoms with van der Waals surface area (Å²) < 4.78 is 9.98. The van der Waals surface area contributed by atoms with Crippen LogP contribution in [0.1, 0.15) is 47.0 Å². The first kappa shape index (κ1) is 22.0. The highest BCUT2D eigenvalue weighted by Crippen LogP contribution is 2.19. The van der Waals surface area contributed by atoms with E-state index in [4.69, 9.17) is 9.47 Å². The van der Waals surface area contributed by atoms with Gasteiger partial charge in [-0.25, -0.2) is 9.59 Å². The minimum absolute atomic E-state index is 0.212. The monoisotopic (exact) mass is 337 g/mol. The molecular formula is C19H31NO4. The van der Waals surface area contributed by atoms with E-state index in [1.165, 1.54) is 12.0 Å². The standard InChI is InChI=1S/C15H19NO4.2C2H6/c1-19-14(17)13-9-6-10-16(13)15(18)20-11-12-7-4-2-3-5-8-12;2*1-2/h2,4-5,7-8,13H,3,6,9-11H2,1H3;2*1-2H3. The Bertz CT molecular complexity index is 466. The van der Waals surface area contributed by atoms with Gasteiger partial charge in [-0.3, -0.25) is 4.90 Å². The van der Waals surface area contributed by atoms with Crippen LogP contribution in [0.3, 0.4) is 0 Å². The van der Waals surface area contributed by atoms with Gasteiger partial charge in [0.15, 0.2) is 0 Å². The van der Waals surface area contributed by atoms with Crippen molar-refractivity contribution in [3.63, 3.8) is 0 Å².